The molecular formula is C21H24N2O5. The first-order valence-corrected chi connectivity index (χ1v) is 8.56. The van der Waals surface area contributed by atoms with Crippen molar-refractivity contribution >= 4 is 23.6 Å². The minimum Gasteiger partial charge on any atom is -0.497 e. The standard InChI is InChI=1S/C21H24N2O5/c1-23(14-20(24)22-16-6-8-17(26-2)9-7-16)21(25)12-5-15-13-18(27-3)10-11-19(15)28-4/h5-13H,14H2,1-4H3,(H,22,24). The molecule has 2 rings (SSSR count). The molecule has 0 saturated carbocycles. The molecule has 2 aromatic rings. The van der Waals surface area contributed by atoms with E-state index >= 15 is 0 Å². The van der Waals surface area contributed by atoms with Crippen LogP contribution in [0.15, 0.2) is 48.5 Å². The smallest absolute Gasteiger partial charge is 0.246 e. The van der Waals surface area contributed by atoms with Crippen LogP contribution in [0.4, 0.5) is 5.69 Å². The van der Waals surface area contributed by atoms with Gasteiger partial charge in [-0.3, -0.25) is 9.59 Å². The number of amides is 2. The normalized spacial score (nSPS) is 10.4. The number of benzene rings is 2. The van der Waals surface area contributed by atoms with Crippen molar-refractivity contribution in [3.8, 4) is 17.2 Å². The second kappa shape index (κ2) is 10.0. The average Bonchev–Trinajstić information content (AvgIpc) is 2.72. The second-order valence-corrected chi connectivity index (χ2v) is 5.91. The molecule has 2 amide bonds. The van der Waals surface area contributed by atoms with E-state index in [1.54, 1.807) is 76.9 Å². The average molecular weight is 384 g/mol. The Morgan fingerprint density at radius 3 is 2.21 bits per heavy atom. The lowest BCUT2D eigenvalue weighted by Crippen LogP contribution is -2.33. The van der Waals surface area contributed by atoms with Crippen LogP contribution in [0.5, 0.6) is 17.2 Å². The first kappa shape index (κ1) is 20.8. The summed E-state index contributed by atoms with van der Waals surface area (Å²) in [4.78, 5) is 25.8. The van der Waals surface area contributed by atoms with E-state index in [1.807, 2.05) is 0 Å². The van der Waals surface area contributed by atoms with Crippen molar-refractivity contribution in [3.63, 3.8) is 0 Å². The molecule has 0 radical (unpaired) electrons. The molecule has 0 saturated heterocycles. The van der Waals surface area contributed by atoms with Crippen LogP contribution in [0, 0.1) is 0 Å². The Morgan fingerprint density at radius 2 is 1.61 bits per heavy atom. The second-order valence-electron chi connectivity index (χ2n) is 5.91. The zero-order chi connectivity index (χ0) is 20.5. The summed E-state index contributed by atoms with van der Waals surface area (Å²) in [5, 5.41) is 2.74. The SMILES string of the molecule is COc1ccc(NC(=O)CN(C)C(=O)C=Cc2cc(OC)ccc2OC)cc1. The molecule has 0 aliphatic carbocycles. The third kappa shape index (κ3) is 5.77. The van der Waals surface area contributed by atoms with E-state index in [9.17, 15) is 9.59 Å². The van der Waals surface area contributed by atoms with Gasteiger partial charge in [0.25, 0.3) is 0 Å². The molecule has 2 aromatic carbocycles. The van der Waals surface area contributed by atoms with Crippen molar-refractivity contribution in [2.75, 3.05) is 40.2 Å². The molecule has 0 atom stereocenters. The molecule has 0 heterocycles. The molecule has 7 heteroatoms. The van der Waals surface area contributed by atoms with Crippen LogP contribution in [0.2, 0.25) is 0 Å². The molecule has 0 aliphatic heterocycles. The lowest BCUT2D eigenvalue weighted by atomic mass is 10.1. The number of hydrogen-bond acceptors (Lipinski definition) is 5. The monoisotopic (exact) mass is 384 g/mol. The number of methoxy groups -OCH3 is 3. The topological polar surface area (TPSA) is 77.1 Å². The van der Waals surface area contributed by atoms with E-state index in [0.29, 0.717) is 28.5 Å². The van der Waals surface area contributed by atoms with Gasteiger partial charge in [0, 0.05) is 24.4 Å². The van der Waals surface area contributed by atoms with Gasteiger partial charge in [0.15, 0.2) is 0 Å². The third-order valence-corrected chi connectivity index (χ3v) is 3.97. The summed E-state index contributed by atoms with van der Waals surface area (Å²) >= 11 is 0. The highest BCUT2D eigenvalue weighted by Crippen LogP contribution is 2.25. The van der Waals surface area contributed by atoms with Gasteiger partial charge < -0.3 is 24.4 Å². The maximum Gasteiger partial charge on any atom is 0.246 e. The van der Waals surface area contributed by atoms with E-state index in [4.69, 9.17) is 14.2 Å². The quantitative estimate of drug-likeness (QED) is 0.708. The Hall–Kier alpha value is -3.48. The number of hydrogen-bond donors (Lipinski definition) is 1. The van der Waals surface area contributed by atoms with Crippen molar-refractivity contribution in [2.45, 2.75) is 0 Å². The highest BCUT2D eigenvalue weighted by molar-refractivity contribution is 5.98. The summed E-state index contributed by atoms with van der Waals surface area (Å²) in [6.07, 6.45) is 3.01. The molecule has 0 unspecified atom stereocenters. The van der Waals surface area contributed by atoms with Crippen LogP contribution in [-0.4, -0.2) is 51.6 Å². The van der Waals surface area contributed by atoms with Crippen LogP contribution < -0.4 is 19.5 Å². The number of ether oxygens (including phenoxy) is 3. The fourth-order valence-electron chi connectivity index (χ4n) is 2.43. The lowest BCUT2D eigenvalue weighted by molar-refractivity contribution is -0.129. The number of nitrogens with one attached hydrogen (secondary N) is 1. The van der Waals surface area contributed by atoms with Crippen molar-refractivity contribution < 1.29 is 23.8 Å². The van der Waals surface area contributed by atoms with Crippen LogP contribution in [0.25, 0.3) is 6.08 Å². The fourth-order valence-corrected chi connectivity index (χ4v) is 2.43. The number of anilines is 1. The number of likely N-dealkylation sites (N-methyl/N-ethyl adjacent to an activating group) is 1. The van der Waals surface area contributed by atoms with E-state index in [0.717, 1.165) is 0 Å². The van der Waals surface area contributed by atoms with E-state index in [-0.39, 0.29) is 18.4 Å². The molecule has 0 aliphatic rings. The van der Waals surface area contributed by atoms with Gasteiger partial charge in [-0.15, -0.1) is 0 Å². The molecule has 7 nitrogen and oxygen atoms in total. The molecule has 1 N–H and O–H groups in total. The van der Waals surface area contributed by atoms with Crippen LogP contribution >= 0.6 is 0 Å². The first-order chi connectivity index (χ1) is 13.5. The van der Waals surface area contributed by atoms with Gasteiger partial charge in [0.05, 0.1) is 27.9 Å². The molecule has 0 bridgehead atoms. The number of carbonyl (C=O) groups excluding carboxylic acids is 2. The Balaban J connectivity index is 1.96. The predicted octanol–water partition coefficient (Wildman–Crippen LogP) is 2.82. The van der Waals surface area contributed by atoms with Crippen LogP contribution in [0.1, 0.15) is 5.56 Å². The molecule has 28 heavy (non-hydrogen) atoms. The number of rotatable bonds is 8. The predicted molar refractivity (Wildman–Crippen MR) is 108 cm³/mol. The van der Waals surface area contributed by atoms with Crippen LogP contribution in [-0.2, 0) is 9.59 Å². The third-order valence-electron chi connectivity index (χ3n) is 3.97. The van der Waals surface area contributed by atoms with Gasteiger partial charge in [-0.25, -0.2) is 0 Å². The van der Waals surface area contributed by atoms with Gasteiger partial charge in [-0.05, 0) is 48.5 Å². The molecular weight excluding hydrogens is 360 g/mol. The maximum absolute atomic E-state index is 12.3. The lowest BCUT2D eigenvalue weighted by Gasteiger charge is -2.15. The van der Waals surface area contributed by atoms with E-state index < -0.39 is 0 Å². The van der Waals surface area contributed by atoms with Crippen molar-refractivity contribution in [3.05, 3.63) is 54.1 Å². The first-order valence-electron chi connectivity index (χ1n) is 8.56. The summed E-state index contributed by atoms with van der Waals surface area (Å²) < 4.78 is 15.5. The number of nitrogens with zero attached hydrogens (tertiary/aromatic N) is 1. The highest BCUT2D eigenvalue weighted by Gasteiger charge is 2.11. The summed E-state index contributed by atoms with van der Waals surface area (Å²) in [5.74, 6) is 1.36. The molecule has 0 aromatic heterocycles. The summed E-state index contributed by atoms with van der Waals surface area (Å²) in [7, 11) is 6.25. The highest BCUT2D eigenvalue weighted by atomic mass is 16.5. The summed E-state index contributed by atoms with van der Waals surface area (Å²) in [6.45, 7) is -0.0789. The number of carbonyl (C=O) groups is 2. The van der Waals surface area contributed by atoms with Gasteiger partial charge >= 0.3 is 0 Å². The summed E-state index contributed by atoms with van der Waals surface area (Å²) in [5.41, 5.74) is 1.33. The maximum atomic E-state index is 12.3. The Kier molecular flexibility index (Phi) is 7.45. The Labute approximate surface area is 164 Å². The van der Waals surface area contributed by atoms with Crippen molar-refractivity contribution in [1.29, 1.82) is 0 Å². The van der Waals surface area contributed by atoms with Crippen molar-refractivity contribution in [2.24, 2.45) is 0 Å². The molecule has 148 valence electrons. The molecule has 0 fully saturated rings. The zero-order valence-electron chi connectivity index (χ0n) is 16.4. The van der Waals surface area contributed by atoms with Crippen molar-refractivity contribution in [1.82, 2.24) is 4.90 Å². The Bertz CT molecular complexity index is 846. The largest absolute Gasteiger partial charge is 0.497 e. The minimum atomic E-state index is -0.310. The summed E-state index contributed by atoms with van der Waals surface area (Å²) in [6, 6.07) is 12.2. The Morgan fingerprint density at radius 1 is 0.964 bits per heavy atom. The van der Waals surface area contributed by atoms with Gasteiger partial charge in [-0.2, -0.15) is 0 Å². The van der Waals surface area contributed by atoms with Crippen LogP contribution in [0.3, 0.4) is 0 Å². The fraction of sp³-hybridized carbons (Fsp3) is 0.238. The van der Waals surface area contributed by atoms with Gasteiger partial charge in [0.2, 0.25) is 11.8 Å². The van der Waals surface area contributed by atoms with E-state index in [2.05, 4.69) is 5.32 Å². The van der Waals surface area contributed by atoms with Gasteiger partial charge in [0.1, 0.15) is 17.2 Å². The zero-order valence-corrected chi connectivity index (χ0v) is 16.4. The minimum absolute atomic E-state index is 0.0789. The molecule has 0 spiro atoms. The van der Waals surface area contributed by atoms with Gasteiger partial charge in [-0.1, -0.05) is 0 Å². The van der Waals surface area contributed by atoms with E-state index in [1.165, 1.54) is 11.0 Å².